The lowest BCUT2D eigenvalue weighted by Crippen LogP contribution is -1.95. The molecule has 0 amide bonds. The molecule has 2 aromatic heterocycles. The Hall–Kier alpha value is -1.99. The van der Waals surface area contributed by atoms with Gasteiger partial charge in [0.25, 0.3) is 0 Å². The highest BCUT2D eigenvalue weighted by Crippen LogP contribution is 2.26. The Morgan fingerprint density at radius 3 is 2.95 bits per heavy atom. The van der Waals surface area contributed by atoms with Crippen LogP contribution in [-0.4, -0.2) is 21.7 Å². The van der Waals surface area contributed by atoms with Crippen LogP contribution in [0.2, 0.25) is 0 Å². The Bertz CT molecular complexity index is 705. The normalized spacial score (nSPS) is 11.1. The summed E-state index contributed by atoms with van der Waals surface area (Å²) in [6.45, 7) is 0.389. The molecule has 0 saturated carbocycles. The van der Waals surface area contributed by atoms with E-state index >= 15 is 0 Å². The molecule has 0 spiro atoms. The van der Waals surface area contributed by atoms with E-state index in [9.17, 15) is 4.39 Å². The molecule has 0 radical (unpaired) electrons. The van der Waals surface area contributed by atoms with Gasteiger partial charge in [0.2, 0.25) is 4.96 Å². The molecule has 0 aliphatic rings. The number of nitrogens with zero attached hydrogens (tertiary/aromatic N) is 3. The molecule has 98 valence electrons. The van der Waals surface area contributed by atoms with Crippen LogP contribution < -0.4 is 10.5 Å². The third-order valence-electron chi connectivity index (χ3n) is 2.71. The number of methoxy groups -OCH3 is 1. The van der Waals surface area contributed by atoms with Crippen LogP contribution >= 0.6 is 11.3 Å². The first-order valence-corrected chi connectivity index (χ1v) is 6.42. The van der Waals surface area contributed by atoms with Crippen molar-refractivity contribution in [2.75, 3.05) is 7.11 Å². The van der Waals surface area contributed by atoms with Gasteiger partial charge in [0, 0.05) is 12.1 Å². The molecule has 1 aromatic carbocycles. The lowest BCUT2D eigenvalue weighted by Gasteiger charge is -2.02. The quantitative estimate of drug-likeness (QED) is 0.796. The van der Waals surface area contributed by atoms with E-state index in [0.29, 0.717) is 17.8 Å². The Morgan fingerprint density at radius 2 is 2.32 bits per heavy atom. The van der Waals surface area contributed by atoms with Crippen molar-refractivity contribution in [3.05, 3.63) is 35.2 Å². The third kappa shape index (κ3) is 2.06. The van der Waals surface area contributed by atoms with Gasteiger partial charge in [-0.05, 0) is 18.2 Å². The molecule has 0 aliphatic heterocycles. The van der Waals surface area contributed by atoms with E-state index in [1.807, 2.05) is 0 Å². The van der Waals surface area contributed by atoms with Crippen LogP contribution in [0.4, 0.5) is 4.39 Å². The van der Waals surface area contributed by atoms with Crippen molar-refractivity contribution in [1.29, 1.82) is 0 Å². The molecule has 5 nitrogen and oxygen atoms in total. The molecule has 0 atom stereocenters. The van der Waals surface area contributed by atoms with Gasteiger partial charge >= 0.3 is 0 Å². The van der Waals surface area contributed by atoms with Crippen LogP contribution in [0.1, 0.15) is 5.01 Å². The lowest BCUT2D eigenvalue weighted by atomic mass is 10.1. The number of benzene rings is 1. The van der Waals surface area contributed by atoms with Gasteiger partial charge in [-0.25, -0.2) is 13.9 Å². The Balaban J connectivity index is 2.03. The zero-order valence-corrected chi connectivity index (χ0v) is 10.9. The summed E-state index contributed by atoms with van der Waals surface area (Å²) >= 11 is 1.42. The smallest absolute Gasteiger partial charge is 0.212 e. The first-order chi connectivity index (χ1) is 9.21. The molecule has 3 aromatic rings. The molecule has 0 fully saturated rings. The van der Waals surface area contributed by atoms with Gasteiger partial charge in [0.05, 0.1) is 19.0 Å². The topological polar surface area (TPSA) is 65.4 Å². The summed E-state index contributed by atoms with van der Waals surface area (Å²) in [5.74, 6) is -0.194. The lowest BCUT2D eigenvalue weighted by molar-refractivity contribution is 0.386. The predicted octanol–water partition coefficient (Wildman–Crippen LogP) is 2.06. The molecule has 19 heavy (non-hydrogen) atoms. The number of rotatable bonds is 3. The van der Waals surface area contributed by atoms with Crippen molar-refractivity contribution in [1.82, 2.24) is 14.6 Å². The molecule has 3 rings (SSSR count). The van der Waals surface area contributed by atoms with E-state index < -0.39 is 5.82 Å². The van der Waals surface area contributed by atoms with E-state index in [1.165, 1.54) is 24.5 Å². The molecule has 2 heterocycles. The molecule has 0 unspecified atom stereocenters. The molecule has 7 heteroatoms. The minimum Gasteiger partial charge on any atom is -0.494 e. The van der Waals surface area contributed by atoms with E-state index in [4.69, 9.17) is 10.5 Å². The van der Waals surface area contributed by atoms with Crippen molar-refractivity contribution in [2.45, 2.75) is 6.54 Å². The summed E-state index contributed by atoms with van der Waals surface area (Å²) in [4.78, 5) is 5.15. The second-order valence-corrected chi connectivity index (χ2v) is 4.94. The average molecular weight is 278 g/mol. The summed E-state index contributed by atoms with van der Waals surface area (Å²) in [7, 11) is 1.43. The number of fused-ring (bicyclic) bond motifs is 1. The van der Waals surface area contributed by atoms with Crippen LogP contribution in [-0.2, 0) is 6.54 Å². The van der Waals surface area contributed by atoms with E-state index in [1.54, 1.807) is 22.8 Å². The molecular formula is C12H11FN4OS. The minimum atomic E-state index is -0.410. The van der Waals surface area contributed by atoms with Crippen molar-refractivity contribution < 1.29 is 9.13 Å². The first kappa shape index (κ1) is 12.1. The monoisotopic (exact) mass is 278 g/mol. The maximum Gasteiger partial charge on any atom is 0.212 e. The van der Waals surface area contributed by atoms with Gasteiger partial charge in [0.15, 0.2) is 11.6 Å². The van der Waals surface area contributed by atoms with Crippen LogP contribution in [0.25, 0.3) is 16.2 Å². The highest BCUT2D eigenvalue weighted by Gasteiger charge is 2.11. The van der Waals surface area contributed by atoms with E-state index in [2.05, 4.69) is 10.1 Å². The largest absolute Gasteiger partial charge is 0.494 e. The summed E-state index contributed by atoms with van der Waals surface area (Å²) < 4.78 is 20.2. The van der Waals surface area contributed by atoms with E-state index in [-0.39, 0.29) is 5.75 Å². The van der Waals surface area contributed by atoms with Gasteiger partial charge in [-0.1, -0.05) is 11.3 Å². The van der Waals surface area contributed by atoms with Gasteiger partial charge in [-0.2, -0.15) is 5.10 Å². The zero-order valence-electron chi connectivity index (χ0n) is 10.1. The molecule has 0 aliphatic carbocycles. The van der Waals surface area contributed by atoms with Crippen LogP contribution in [0, 0.1) is 5.82 Å². The Morgan fingerprint density at radius 1 is 1.47 bits per heavy atom. The molecular weight excluding hydrogens is 267 g/mol. The van der Waals surface area contributed by atoms with Gasteiger partial charge in [0.1, 0.15) is 5.01 Å². The highest BCUT2D eigenvalue weighted by atomic mass is 32.1. The zero-order chi connectivity index (χ0) is 13.4. The minimum absolute atomic E-state index is 0.216. The van der Waals surface area contributed by atoms with Crippen LogP contribution in [0.3, 0.4) is 0 Å². The van der Waals surface area contributed by atoms with Crippen LogP contribution in [0.5, 0.6) is 5.75 Å². The Kier molecular flexibility index (Phi) is 2.92. The fraction of sp³-hybridized carbons (Fsp3) is 0.167. The maximum absolute atomic E-state index is 13.6. The SMILES string of the molecule is COc1ccc(-c2cn3nc(CN)sc3n2)cc1F. The summed E-state index contributed by atoms with van der Waals surface area (Å²) in [6.07, 6.45) is 1.76. The third-order valence-corrected chi connectivity index (χ3v) is 3.65. The highest BCUT2D eigenvalue weighted by molar-refractivity contribution is 7.16. The van der Waals surface area contributed by atoms with Crippen molar-refractivity contribution in [3.8, 4) is 17.0 Å². The first-order valence-electron chi connectivity index (χ1n) is 5.60. The fourth-order valence-corrected chi connectivity index (χ4v) is 2.54. The average Bonchev–Trinajstić information content (AvgIpc) is 2.96. The van der Waals surface area contributed by atoms with Crippen LogP contribution in [0.15, 0.2) is 24.4 Å². The summed E-state index contributed by atoms with van der Waals surface area (Å²) in [6, 6.07) is 4.74. The van der Waals surface area contributed by atoms with Crippen molar-refractivity contribution >= 4 is 16.3 Å². The number of hydrogen-bond donors (Lipinski definition) is 1. The van der Waals surface area contributed by atoms with Gasteiger partial charge in [-0.3, -0.25) is 0 Å². The number of aromatic nitrogens is 3. The molecule has 0 bridgehead atoms. The van der Waals surface area contributed by atoms with Gasteiger partial charge < -0.3 is 10.5 Å². The Labute approximate surface area is 112 Å². The summed E-state index contributed by atoms with van der Waals surface area (Å²) in [5, 5.41) is 5.08. The second kappa shape index (κ2) is 4.60. The van der Waals surface area contributed by atoms with Gasteiger partial charge in [-0.15, -0.1) is 0 Å². The molecule has 0 saturated heterocycles. The number of hydrogen-bond acceptors (Lipinski definition) is 5. The summed E-state index contributed by atoms with van der Waals surface area (Å²) in [5.41, 5.74) is 6.87. The predicted molar refractivity (Wildman–Crippen MR) is 70.7 cm³/mol. The standard InChI is InChI=1S/C12H11FN4OS/c1-18-10-3-2-7(4-8(10)13)9-6-17-12(15-9)19-11(5-14)16-17/h2-4,6H,5,14H2,1H3. The van der Waals surface area contributed by atoms with Crippen molar-refractivity contribution in [3.63, 3.8) is 0 Å². The number of nitrogens with two attached hydrogens (primary N) is 1. The number of ether oxygens (including phenoxy) is 1. The fourth-order valence-electron chi connectivity index (χ4n) is 1.79. The number of imidazole rings is 1. The maximum atomic E-state index is 13.6. The van der Waals surface area contributed by atoms with Crippen molar-refractivity contribution in [2.24, 2.45) is 5.73 Å². The van der Waals surface area contributed by atoms with E-state index in [0.717, 1.165) is 9.97 Å². The molecule has 2 N–H and O–H groups in total. The number of halogens is 1. The second-order valence-electron chi connectivity index (χ2n) is 3.90.